The monoisotopic (exact) mass is 441 g/mol. The lowest BCUT2D eigenvalue weighted by Gasteiger charge is -2.16. The number of benzene rings is 2. The lowest BCUT2D eigenvalue weighted by atomic mass is 10.0. The first-order valence-electron chi connectivity index (χ1n) is 10.7. The Hall–Kier alpha value is -3.55. The summed E-state index contributed by atoms with van der Waals surface area (Å²) >= 11 is 0. The third-order valence-corrected chi connectivity index (χ3v) is 4.58. The van der Waals surface area contributed by atoms with E-state index < -0.39 is 17.9 Å². The molecule has 3 amide bonds. The number of carbonyl (C=O) groups excluding carboxylic acids is 3. The first-order valence-corrected chi connectivity index (χ1v) is 10.7. The molecule has 8 heteroatoms. The van der Waals surface area contributed by atoms with Gasteiger partial charge in [0.05, 0.1) is 6.61 Å². The molecule has 3 N–H and O–H groups in total. The Morgan fingerprint density at radius 3 is 2.00 bits per heavy atom. The second-order valence-corrected chi connectivity index (χ2v) is 7.53. The van der Waals surface area contributed by atoms with E-state index >= 15 is 0 Å². The van der Waals surface area contributed by atoms with Crippen molar-refractivity contribution in [2.75, 3.05) is 11.9 Å². The van der Waals surface area contributed by atoms with E-state index in [0.717, 1.165) is 0 Å². The Bertz CT molecular complexity index is 895. The molecule has 0 spiro atoms. The minimum absolute atomic E-state index is 0.0246. The molecule has 32 heavy (non-hydrogen) atoms. The van der Waals surface area contributed by atoms with E-state index in [1.807, 2.05) is 19.1 Å². The molecular weight excluding hydrogens is 410 g/mol. The number of carbonyl (C=O) groups is 3. The van der Waals surface area contributed by atoms with Gasteiger partial charge in [-0.05, 0) is 61.7 Å². The molecule has 0 aromatic heterocycles. The van der Waals surface area contributed by atoms with E-state index in [1.54, 1.807) is 43.3 Å². The Morgan fingerprint density at radius 1 is 0.812 bits per heavy atom. The fourth-order valence-electron chi connectivity index (χ4n) is 2.74. The van der Waals surface area contributed by atoms with Crippen LogP contribution in [0.1, 0.15) is 52.0 Å². The van der Waals surface area contributed by atoms with Crippen LogP contribution in [0.3, 0.4) is 0 Å². The fourth-order valence-corrected chi connectivity index (χ4v) is 2.74. The molecule has 0 aliphatic rings. The van der Waals surface area contributed by atoms with Crippen molar-refractivity contribution in [1.29, 1.82) is 0 Å². The summed E-state index contributed by atoms with van der Waals surface area (Å²) < 4.78 is 10.9. The van der Waals surface area contributed by atoms with Crippen molar-refractivity contribution in [2.24, 2.45) is 0 Å². The van der Waals surface area contributed by atoms with Crippen LogP contribution in [-0.4, -0.2) is 30.4 Å². The predicted octanol–water partition coefficient (Wildman–Crippen LogP) is 3.54. The fraction of sp³-hybridized carbons (Fsp3) is 0.375. The number of amides is 3. The highest BCUT2D eigenvalue weighted by Crippen LogP contribution is 2.19. The molecule has 0 heterocycles. The first-order chi connectivity index (χ1) is 15.3. The molecule has 172 valence electrons. The normalized spacial score (nSPS) is 11.4. The van der Waals surface area contributed by atoms with Crippen LogP contribution in [-0.2, 0) is 14.4 Å². The minimum atomic E-state index is -0.803. The minimum Gasteiger partial charge on any atom is -0.494 e. The lowest BCUT2D eigenvalue weighted by Crippen LogP contribution is -2.47. The predicted molar refractivity (Wildman–Crippen MR) is 122 cm³/mol. The zero-order valence-corrected chi connectivity index (χ0v) is 18.9. The second-order valence-electron chi connectivity index (χ2n) is 7.53. The molecule has 1 unspecified atom stereocenters. The summed E-state index contributed by atoms with van der Waals surface area (Å²) in [6.45, 7) is 8.23. The van der Waals surface area contributed by atoms with Crippen molar-refractivity contribution < 1.29 is 23.9 Å². The summed E-state index contributed by atoms with van der Waals surface area (Å²) in [6, 6.07) is 14.5. The summed E-state index contributed by atoms with van der Waals surface area (Å²) in [7, 11) is 0. The van der Waals surface area contributed by atoms with Crippen LogP contribution in [0, 0.1) is 0 Å². The number of ether oxygens (including phenoxy) is 2. The highest BCUT2D eigenvalue weighted by atomic mass is 16.5. The molecule has 0 saturated carbocycles. The summed E-state index contributed by atoms with van der Waals surface area (Å²) in [5.74, 6) is 0.403. The van der Waals surface area contributed by atoms with Crippen LogP contribution in [0.2, 0.25) is 0 Å². The van der Waals surface area contributed by atoms with Crippen molar-refractivity contribution in [1.82, 2.24) is 10.9 Å². The standard InChI is InChI=1S/C24H31N3O5/c1-5-31-20-12-8-19(9-13-20)25-22(28)14-15-23(29)26-27-24(30)17(4)32-21-10-6-18(7-11-21)16(2)3/h6-13,16-17H,5,14-15H2,1-4H3,(H,25,28)(H,26,29)(H,27,30). The van der Waals surface area contributed by atoms with Crippen molar-refractivity contribution >= 4 is 23.4 Å². The maximum Gasteiger partial charge on any atom is 0.279 e. The third kappa shape index (κ3) is 8.29. The van der Waals surface area contributed by atoms with Gasteiger partial charge < -0.3 is 14.8 Å². The zero-order valence-electron chi connectivity index (χ0n) is 18.9. The average molecular weight is 442 g/mol. The van der Waals surface area contributed by atoms with Crippen molar-refractivity contribution in [3.05, 3.63) is 54.1 Å². The Balaban J connectivity index is 1.68. The van der Waals surface area contributed by atoms with Gasteiger partial charge in [0, 0.05) is 18.5 Å². The average Bonchev–Trinajstić information content (AvgIpc) is 2.77. The molecule has 2 aromatic carbocycles. The summed E-state index contributed by atoms with van der Waals surface area (Å²) in [6.07, 6.45) is -0.902. The summed E-state index contributed by atoms with van der Waals surface area (Å²) in [5, 5.41) is 2.71. The highest BCUT2D eigenvalue weighted by molar-refractivity contribution is 5.93. The quantitative estimate of drug-likeness (QED) is 0.489. The summed E-state index contributed by atoms with van der Waals surface area (Å²) in [4.78, 5) is 36.1. The number of hydrogen-bond acceptors (Lipinski definition) is 5. The largest absolute Gasteiger partial charge is 0.494 e. The van der Waals surface area contributed by atoms with Gasteiger partial charge in [-0.25, -0.2) is 0 Å². The molecule has 0 saturated heterocycles. The number of rotatable bonds is 10. The summed E-state index contributed by atoms with van der Waals surface area (Å²) in [5.41, 5.74) is 6.40. The van der Waals surface area contributed by atoms with E-state index in [0.29, 0.717) is 29.7 Å². The van der Waals surface area contributed by atoms with Gasteiger partial charge in [-0.2, -0.15) is 0 Å². The van der Waals surface area contributed by atoms with Gasteiger partial charge in [0.15, 0.2) is 6.10 Å². The molecule has 0 aliphatic heterocycles. The topological polar surface area (TPSA) is 106 Å². The third-order valence-electron chi connectivity index (χ3n) is 4.58. The van der Waals surface area contributed by atoms with Gasteiger partial charge in [0.2, 0.25) is 11.8 Å². The van der Waals surface area contributed by atoms with E-state index in [-0.39, 0.29) is 18.7 Å². The molecule has 0 aliphatic carbocycles. The molecule has 0 bridgehead atoms. The Kier molecular flexibility index (Phi) is 9.53. The van der Waals surface area contributed by atoms with E-state index in [2.05, 4.69) is 30.0 Å². The van der Waals surface area contributed by atoms with Crippen LogP contribution >= 0.6 is 0 Å². The van der Waals surface area contributed by atoms with Crippen molar-refractivity contribution in [3.63, 3.8) is 0 Å². The maximum atomic E-state index is 12.1. The molecule has 8 nitrogen and oxygen atoms in total. The zero-order chi connectivity index (χ0) is 23.5. The van der Waals surface area contributed by atoms with Gasteiger partial charge in [0.1, 0.15) is 11.5 Å². The molecule has 2 rings (SSSR count). The van der Waals surface area contributed by atoms with E-state index in [4.69, 9.17) is 9.47 Å². The smallest absolute Gasteiger partial charge is 0.279 e. The molecule has 0 radical (unpaired) electrons. The van der Waals surface area contributed by atoms with Crippen LogP contribution in [0.15, 0.2) is 48.5 Å². The van der Waals surface area contributed by atoms with Gasteiger partial charge in [0.25, 0.3) is 5.91 Å². The van der Waals surface area contributed by atoms with Gasteiger partial charge in [-0.15, -0.1) is 0 Å². The second kappa shape index (κ2) is 12.3. The maximum absolute atomic E-state index is 12.1. The Morgan fingerprint density at radius 2 is 1.41 bits per heavy atom. The van der Waals surface area contributed by atoms with Crippen LogP contribution in [0.5, 0.6) is 11.5 Å². The molecule has 2 aromatic rings. The van der Waals surface area contributed by atoms with Crippen LogP contribution < -0.4 is 25.6 Å². The molecule has 1 atom stereocenters. The van der Waals surface area contributed by atoms with Crippen LogP contribution in [0.4, 0.5) is 5.69 Å². The van der Waals surface area contributed by atoms with Crippen molar-refractivity contribution in [3.8, 4) is 11.5 Å². The number of anilines is 1. The van der Waals surface area contributed by atoms with Gasteiger partial charge in [-0.3, -0.25) is 25.2 Å². The molecular formula is C24H31N3O5. The lowest BCUT2D eigenvalue weighted by molar-refractivity contribution is -0.133. The van der Waals surface area contributed by atoms with Crippen LogP contribution in [0.25, 0.3) is 0 Å². The van der Waals surface area contributed by atoms with Crippen molar-refractivity contribution in [2.45, 2.75) is 52.6 Å². The van der Waals surface area contributed by atoms with Gasteiger partial charge >= 0.3 is 0 Å². The SMILES string of the molecule is CCOc1ccc(NC(=O)CCC(=O)NNC(=O)C(C)Oc2ccc(C(C)C)cc2)cc1. The number of hydrazine groups is 1. The number of nitrogens with one attached hydrogen (secondary N) is 3. The highest BCUT2D eigenvalue weighted by Gasteiger charge is 2.16. The van der Waals surface area contributed by atoms with E-state index in [9.17, 15) is 14.4 Å². The molecule has 0 fully saturated rings. The van der Waals surface area contributed by atoms with E-state index in [1.165, 1.54) is 5.56 Å². The Labute approximate surface area is 188 Å². The first kappa shape index (κ1) is 24.7. The van der Waals surface area contributed by atoms with Gasteiger partial charge in [-0.1, -0.05) is 26.0 Å². The number of hydrogen-bond donors (Lipinski definition) is 3.